The van der Waals surface area contributed by atoms with Crippen molar-refractivity contribution < 1.29 is 18.6 Å². The number of fused-ring (bicyclic) bond motifs is 1. The van der Waals surface area contributed by atoms with Gasteiger partial charge in [0.25, 0.3) is 0 Å². The van der Waals surface area contributed by atoms with Crippen LogP contribution in [0.25, 0.3) is 11.3 Å². The van der Waals surface area contributed by atoms with Crippen LogP contribution in [-0.2, 0) is 11.3 Å². The van der Waals surface area contributed by atoms with Gasteiger partial charge in [0, 0.05) is 5.69 Å². The molecular weight excluding hydrogens is 364 g/mol. The van der Waals surface area contributed by atoms with Gasteiger partial charge in [-0.05, 0) is 53.6 Å². The minimum atomic E-state index is -0.371. The molecule has 2 N–H and O–H groups in total. The molecule has 3 heterocycles. The van der Waals surface area contributed by atoms with E-state index < -0.39 is 0 Å². The smallest absolute Gasteiger partial charge is 0.338 e. The first-order chi connectivity index (χ1) is 13.7. The molecule has 28 heavy (non-hydrogen) atoms. The van der Waals surface area contributed by atoms with Crippen LogP contribution in [0.3, 0.4) is 0 Å². The highest BCUT2D eigenvalue weighted by atomic mass is 16.6. The average Bonchev–Trinajstić information content (AvgIpc) is 3.38. The zero-order valence-corrected chi connectivity index (χ0v) is 14.9. The summed E-state index contributed by atoms with van der Waals surface area (Å²) in [5.41, 5.74) is 1.73. The maximum atomic E-state index is 11.8. The fourth-order valence-electron chi connectivity index (χ4n) is 2.47. The molecule has 4 rings (SSSR count). The van der Waals surface area contributed by atoms with Gasteiger partial charge in [0.2, 0.25) is 11.3 Å². The molecule has 3 aromatic heterocycles. The Balaban J connectivity index is 1.57. The molecule has 10 nitrogen and oxygen atoms in total. The topological polar surface area (TPSA) is 128 Å². The summed E-state index contributed by atoms with van der Waals surface area (Å²) in [6.45, 7) is 2.50. The van der Waals surface area contributed by atoms with Gasteiger partial charge in [0.1, 0.15) is 5.76 Å². The van der Waals surface area contributed by atoms with E-state index in [0.717, 1.165) is 5.76 Å². The Hall–Kier alpha value is -3.95. The van der Waals surface area contributed by atoms with Crippen molar-refractivity contribution in [3.8, 4) is 0 Å². The van der Waals surface area contributed by atoms with Crippen molar-refractivity contribution in [2.45, 2.75) is 13.5 Å². The minimum absolute atomic E-state index is 0.272. The lowest BCUT2D eigenvalue weighted by atomic mass is 10.2. The van der Waals surface area contributed by atoms with Gasteiger partial charge in [-0.2, -0.15) is 0 Å². The molecule has 142 valence electrons. The average molecular weight is 380 g/mol. The highest BCUT2D eigenvalue weighted by molar-refractivity contribution is 5.90. The summed E-state index contributed by atoms with van der Waals surface area (Å²) >= 11 is 0. The third kappa shape index (κ3) is 3.75. The maximum absolute atomic E-state index is 11.8. The van der Waals surface area contributed by atoms with E-state index in [9.17, 15) is 4.79 Å². The first-order valence-corrected chi connectivity index (χ1v) is 8.53. The van der Waals surface area contributed by atoms with Crippen LogP contribution in [0.1, 0.15) is 23.0 Å². The van der Waals surface area contributed by atoms with Gasteiger partial charge >= 0.3 is 5.97 Å². The van der Waals surface area contributed by atoms with E-state index in [2.05, 4.69) is 30.9 Å². The number of ether oxygens (including phenoxy) is 1. The predicted molar refractivity (Wildman–Crippen MR) is 99.1 cm³/mol. The molecular formula is C18H16N6O4. The van der Waals surface area contributed by atoms with Crippen LogP contribution in [0.15, 0.2) is 51.7 Å². The lowest BCUT2D eigenvalue weighted by Gasteiger charge is -2.11. The minimum Gasteiger partial charge on any atom is -0.467 e. The van der Waals surface area contributed by atoms with Gasteiger partial charge in [-0.1, -0.05) is 0 Å². The predicted octanol–water partition coefficient (Wildman–Crippen LogP) is 3.14. The largest absolute Gasteiger partial charge is 0.467 e. The molecule has 0 atom stereocenters. The number of esters is 1. The van der Waals surface area contributed by atoms with Gasteiger partial charge in [-0.3, -0.25) is 0 Å². The molecule has 0 saturated heterocycles. The SMILES string of the molecule is CCOC(=O)c1ccc(Nc2nc3nonc3nc2NCc2ccco2)cc1. The maximum Gasteiger partial charge on any atom is 0.338 e. The monoisotopic (exact) mass is 380 g/mol. The lowest BCUT2D eigenvalue weighted by molar-refractivity contribution is 0.0526. The van der Waals surface area contributed by atoms with E-state index in [1.54, 1.807) is 43.5 Å². The van der Waals surface area contributed by atoms with Crippen LogP contribution in [-0.4, -0.2) is 32.9 Å². The number of benzene rings is 1. The highest BCUT2D eigenvalue weighted by Crippen LogP contribution is 2.24. The zero-order chi connectivity index (χ0) is 19.3. The molecule has 0 aliphatic heterocycles. The number of furan rings is 1. The zero-order valence-electron chi connectivity index (χ0n) is 14.9. The highest BCUT2D eigenvalue weighted by Gasteiger charge is 2.14. The van der Waals surface area contributed by atoms with E-state index >= 15 is 0 Å². The Morgan fingerprint density at radius 2 is 1.82 bits per heavy atom. The molecule has 10 heteroatoms. The van der Waals surface area contributed by atoms with Crippen LogP contribution < -0.4 is 10.6 Å². The number of nitrogens with zero attached hydrogens (tertiary/aromatic N) is 4. The van der Waals surface area contributed by atoms with E-state index in [4.69, 9.17) is 13.8 Å². The standard InChI is InChI=1S/C18H16N6O4/c1-2-26-18(25)11-5-7-12(8-6-11)20-15-14(19-10-13-4-3-9-27-13)21-16-17(22-15)24-28-23-16/h3-9H,2,10H2,1H3,(H,19,21,23)(H,20,22,24). The van der Waals surface area contributed by atoms with Crippen molar-refractivity contribution in [2.24, 2.45) is 0 Å². The molecule has 0 amide bonds. The Labute approximate surface area is 158 Å². The summed E-state index contributed by atoms with van der Waals surface area (Å²) in [5, 5.41) is 13.7. The number of carbonyl (C=O) groups excluding carboxylic acids is 1. The number of hydrogen-bond donors (Lipinski definition) is 2. The number of carbonyl (C=O) groups is 1. The fraction of sp³-hybridized carbons (Fsp3) is 0.167. The number of hydrogen-bond acceptors (Lipinski definition) is 10. The number of anilines is 3. The van der Waals surface area contributed by atoms with Crippen LogP contribution >= 0.6 is 0 Å². The molecule has 0 spiro atoms. The first-order valence-electron chi connectivity index (χ1n) is 8.53. The lowest BCUT2D eigenvalue weighted by Crippen LogP contribution is -2.07. The van der Waals surface area contributed by atoms with Crippen molar-refractivity contribution in [3.05, 3.63) is 54.0 Å². The van der Waals surface area contributed by atoms with E-state index in [1.165, 1.54) is 0 Å². The molecule has 0 aliphatic rings. The Morgan fingerprint density at radius 1 is 1.07 bits per heavy atom. The summed E-state index contributed by atoms with van der Waals surface area (Å²) in [4.78, 5) is 20.5. The third-order valence-corrected chi connectivity index (χ3v) is 3.78. The second-order valence-corrected chi connectivity index (χ2v) is 5.69. The van der Waals surface area contributed by atoms with Crippen molar-refractivity contribution in [2.75, 3.05) is 17.2 Å². The van der Waals surface area contributed by atoms with Crippen molar-refractivity contribution in [1.82, 2.24) is 20.3 Å². The van der Waals surface area contributed by atoms with Gasteiger partial charge in [0.05, 0.1) is 25.0 Å². The summed E-state index contributed by atoms with van der Waals surface area (Å²) < 4.78 is 15.0. The van der Waals surface area contributed by atoms with Crippen LogP contribution in [0.2, 0.25) is 0 Å². The van der Waals surface area contributed by atoms with E-state index in [1.807, 2.05) is 6.07 Å². The van der Waals surface area contributed by atoms with Crippen LogP contribution in [0.4, 0.5) is 17.3 Å². The Kier molecular flexibility index (Phi) is 4.83. The van der Waals surface area contributed by atoms with Crippen LogP contribution in [0.5, 0.6) is 0 Å². The van der Waals surface area contributed by atoms with Gasteiger partial charge in [-0.25, -0.2) is 19.4 Å². The van der Waals surface area contributed by atoms with Gasteiger partial charge in [0.15, 0.2) is 11.6 Å². The molecule has 0 fully saturated rings. The first kappa shape index (κ1) is 17.5. The van der Waals surface area contributed by atoms with Crippen molar-refractivity contribution >= 4 is 34.6 Å². The molecule has 0 bridgehead atoms. The Bertz CT molecular complexity index is 1080. The molecule has 0 radical (unpaired) electrons. The third-order valence-electron chi connectivity index (χ3n) is 3.78. The van der Waals surface area contributed by atoms with E-state index in [0.29, 0.717) is 36.0 Å². The summed E-state index contributed by atoms with van der Waals surface area (Å²) in [6.07, 6.45) is 1.59. The van der Waals surface area contributed by atoms with Crippen molar-refractivity contribution in [3.63, 3.8) is 0 Å². The molecule has 0 aliphatic carbocycles. The quantitative estimate of drug-likeness (QED) is 0.461. The summed E-state index contributed by atoms with van der Waals surface area (Å²) in [5.74, 6) is 1.25. The van der Waals surface area contributed by atoms with Gasteiger partial charge in [-0.15, -0.1) is 0 Å². The molecule has 4 aromatic rings. The summed E-state index contributed by atoms with van der Waals surface area (Å²) in [7, 11) is 0. The van der Waals surface area contributed by atoms with Crippen molar-refractivity contribution in [1.29, 1.82) is 0 Å². The molecule has 0 saturated carbocycles. The Morgan fingerprint density at radius 3 is 2.50 bits per heavy atom. The number of aromatic nitrogens is 4. The van der Waals surface area contributed by atoms with E-state index in [-0.39, 0.29) is 17.3 Å². The number of nitrogens with one attached hydrogen (secondary N) is 2. The molecule has 0 unspecified atom stereocenters. The van der Waals surface area contributed by atoms with Crippen LogP contribution in [0, 0.1) is 0 Å². The van der Waals surface area contributed by atoms with Gasteiger partial charge < -0.3 is 19.8 Å². The summed E-state index contributed by atoms with van der Waals surface area (Å²) in [6, 6.07) is 10.5. The fourth-order valence-corrected chi connectivity index (χ4v) is 2.47. The number of rotatable bonds is 7. The molecule has 1 aromatic carbocycles. The normalized spacial score (nSPS) is 10.8. The second-order valence-electron chi connectivity index (χ2n) is 5.69. The second kappa shape index (κ2) is 7.74.